The number of pyridine rings is 1. The minimum Gasteiger partial charge on any atom is -0.481 e. The summed E-state index contributed by atoms with van der Waals surface area (Å²) in [5.74, 6) is -1.54. The molecule has 0 aliphatic heterocycles. The number of halogens is 2. The van der Waals surface area contributed by atoms with Gasteiger partial charge in [-0.05, 0) is 58.6 Å². The minimum atomic E-state index is -0.872. The van der Waals surface area contributed by atoms with Crippen molar-refractivity contribution in [1.82, 2.24) is 4.98 Å². The molecule has 1 aromatic heterocycles. The maximum atomic E-state index is 11.6. The molecule has 0 spiro atoms. The summed E-state index contributed by atoms with van der Waals surface area (Å²) in [6.45, 7) is 1.92. The van der Waals surface area contributed by atoms with Gasteiger partial charge in [-0.25, -0.2) is 0 Å². The smallest absolute Gasteiger partial charge is 0.312 e. The summed E-state index contributed by atoms with van der Waals surface area (Å²) in [5, 5.41) is 9.50. The molecule has 2 rings (SSSR count). The van der Waals surface area contributed by atoms with Crippen molar-refractivity contribution in [3.63, 3.8) is 0 Å². The number of aliphatic carboxylic acids is 1. The van der Waals surface area contributed by atoms with Gasteiger partial charge >= 0.3 is 5.97 Å². The molecule has 2 aromatic rings. The molecule has 3 nitrogen and oxygen atoms in total. The zero-order chi connectivity index (χ0) is 14.7. The van der Waals surface area contributed by atoms with E-state index in [9.17, 15) is 9.90 Å². The lowest BCUT2D eigenvalue weighted by Crippen LogP contribution is -2.16. The predicted octanol–water partition coefficient (Wildman–Crippen LogP) is 4.33. The standard InChI is InChI=1S/C15H13Br2NO2/c1-9-5-6-18-14(13(9)17)12(15(19)20)8-10-3-2-4-11(16)7-10/h2-7,12H,8H2,1H3,(H,19,20). The molecule has 20 heavy (non-hydrogen) atoms. The second-order valence-electron chi connectivity index (χ2n) is 4.55. The van der Waals surface area contributed by atoms with Crippen molar-refractivity contribution in [1.29, 1.82) is 0 Å². The Kier molecular flexibility index (Phi) is 4.94. The van der Waals surface area contributed by atoms with Crippen molar-refractivity contribution in [2.45, 2.75) is 19.3 Å². The second-order valence-corrected chi connectivity index (χ2v) is 6.26. The first-order valence-corrected chi connectivity index (χ1v) is 7.66. The molecule has 1 atom stereocenters. The van der Waals surface area contributed by atoms with Crippen molar-refractivity contribution < 1.29 is 9.90 Å². The Balaban J connectivity index is 2.37. The fourth-order valence-corrected chi connectivity index (χ4v) is 2.96. The third-order valence-corrected chi connectivity index (χ3v) is 4.59. The van der Waals surface area contributed by atoms with Gasteiger partial charge in [-0.15, -0.1) is 0 Å². The maximum absolute atomic E-state index is 11.6. The lowest BCUT2D eigenvalue weighted by molar-refractivity contribution is -0.138. The summed E-state index contributed by atoms with van der Waals surface area (Å²) < 4.78 is 1.71. The van der Waals surface area contributed by atoms with Gasteiger partial charge in [0.05, 0.1) is 5.69 Å². The van der Waals surface area contributed by atoms with Crippen LogP contribution in [-0.4, -0.2) is 16.1 Å². The van der Waals surface area contributed by atoms with E-state index < -0.39 is 11.9 Å². The highest BCUT2D eigenvalue weighted by Gasteiger charge is 2.24. The summed E-state index contributed by atoms with van der Waals surface area (Å²) in [5.41, 5.74) is 2.51. The largest absolute Gasteiger partial charge is 0.481 e. The van der Waals surface area contributed by atoms with E-state index in [0.29, 0.717) is 12.1 Å². The highest BCUT2D eigenvalue weighted by atomic mass is 79.9. The lowest BCUT2D eigenvalue weighted by atomic mass is 9.95. The van der Waals surface area contributed by atoms with E-state index in [1.807, 2.05) is 37.3 Å². The Morgan fingerprint density at radius 3 is 2.75 bits per heavy atom. The number of carboxylic acid groups (broad SMARTS) is 1. The number of aromatic nitrogens is 1. The molecular formula is C15H13Br2NO2. The quantitative estimate of drug-likeness (QED) is 0.833. The molecule has 1 unspecified atom stereocenters. The van der Waals surface area contributed by atoms with E-state index in [1.165, 1.54) is 0 Å². The average Bonchev–Trinajstić information content (AvgIpc) is 2.39. The molecule has 0 radical (unpaired) electrons. The van der Waals surface area contributed by atoms with E-state index in [-0.39, 0.29) is 0 Å². The number of carboxylic acids is 1. The second kappa shape index (κ2) is 6.50. The Hall–Kier alpha value is -1.20. The van der Waals surface area contributed by atoms with Gasteiger partial charge in [-0.1, -0.05) is 28.1 Å². The first-order valence-electron chi connectivity index (χ1n) is 6.07. The number of carbonyl (C=O) groups is 1. The third kappa shape index (κ3) is 3.46. The van der Waals surface area contributed by atoms with E-state index >= 15 is 0 Å². The van der Waals surface area contributed by atoms with Crippen LogP contribution in [0.1, 0.15) is 22.7 Å². The molecule has 0 saturated heterocycles. The van der Waals surface area contributed by atoms with Crippen molar-refractivity contribution in [3.8, 4) is 0 Å². The summed E-state index contributed by atoms with van der Waals surface area (Å²) in [7, 11) is 0. The van der Waals surface area contributed by atoms with Crippen LogP contribution in [0.15, 0.2) is 45.5 Å². The van der Waals surface area contributed by atoms with Crippen molar-refractivity contribution in [2.24, 2.45) is 0 Å². The van der Waals surface area contributed by atoms with Gasteiger partial charge in [-0.3, -0.25) is 9.78 Å². The van der Waals surface area contributed by atoms with Crippen LogP contribution in [0.2, 0.25) is 0 Å². The molecule has 0 amide bonds. The van der Waals surface area contributed by atoms with Gasteiger partial charge in [0.25, 0.3) is 0 Å². The number of hydrogen-bond acceptors (Lipinski definition) is 2. The van der Waals surface area contributed by atoms with Crippen LogP contribution in [0.4, 0.5) is 0 Å². The highest BCUT2D eigenvalue weighted by Crippen LogP contribution is 2.29. The van der Waals surface area contributed by atoms with E-state index in [1.54, 1.807) is 6.20 Å². The molecule has 1 N–H and O–H groups in total. The molecule has 0 saturated carbocycles. The lowest BCUT2D eigenvalue weighted by Gasteiger charge is -2.15. The van der Waals surface area contributed by atoms with Crippen LogP contribution in [-0.2, 0) is 11.2 Å². The van der Waals surface area contributed by atoms with Crippen molar-refractivity contribution in [3.05, 3.63) is 62.3 Å². The number of rotatable bonds is 4. The predicted molar refractivity (Wildman–Crippen MR) is 84.9 cm³/mol. The minimum absolute atomic E-state index is 0.407. The van der Waals surface area contributed by atoms with Crippen LogP contribution >= 0.6 is 31.9 Å². The van der Waals surface area contributed by atoms with Gasteiger partial charge in [0, 0.05) is 15.1 Å². The first kappa shape index (κ1) is 15.2. The van der Waals surface area contributed by atoms with Crippen molar-refractivity contribution >= 4 is 37.8 Å². The average molecular weight is 399 g/mol. The number of benzene rings is 1. The maximum Gasteiger partial charge on any atom is 0.312 e. The number of hydrogen-bond donors (Lipinski definition) is 1. The molecule has 1 aromatic carbocycles. The van der Waals surface area contributed by atoms with Crippen LogP contribution in [0.3, 0.4) is 0 Å². The molecule has 104 valence electrons. The fourth-order valence-electron chi connectivity index (χ4n) is 2.00. The summed E-state index contributed by atoms with van der Waals surface area (Å²) in [4.78, 5) is 15.8. The van der Waals surface area contributed by atoms with E-state index in [0.717, 1.165) is 20.1 Å². The Labute approximate surface area is 134 Å². The molecule has 0 bridgehead atoms. The Bertz CT molecular complexity index is 644. The SMILES string of the molecule is Cc1ccnc(C(Cc2cccc(Br)c2)C(=O)O)c1Br. The monoisotopic (exact) mass is 397 g/mol. The Morgan fingerprint density at radius 2 is 2.10 bits per heavy atom. The highest BCUT2D eigenvalue weighted by molar-refractivity contribution is 9.10. The van der Waals surface area contributed by atoms with Gasteiger partial charge in [0.15, 0.2) is 0 Å². The van der Waals surface area contributed by atoms with Crippen LogP contribution in [0.25, 0.3) is 0 Å². The van der Waals surface area contributed by atoms with Crippen LogP contribution < -0.4 is 0 Å². The molecule has 0 aliphatic carbocycles. The van der Waals surface area contributed by atoms with Crippen LogP contribution in [0.5, 0.6) is 0 Å². The van der Waals surface area contributed by atoms with Gasteiger partial charge in [0.2, 0.25) is 0 Å². The fraction of sp³-hybridized carbons (Fsp3) is 0.200. The number of aryl methyl sites for hydroxylation is 1. The molecule has 5 heteroatoms. The molecule has 1 heterocycles. The van der Waals surface area contributed by atoms with E-state index in [4.69, 9.17) is 0 Å². The normalized spacial score (nSPS) is 12.2. The first-order chi connectivity index (χ1) is 9.49. The molecule has 0 aliphatic rings. The molecular weight excluding hydrogens is 386 g/mol. The topological polar surface area (TPSA) is 50.2 Å². The van der Waals surface area contributed by atoms with Crippen LogP contribution in [0, 0.1) is 6.92 Å². The molecule has 0 fully saturated rings. The zero-order valence-electron chi connectivity index (χ0n) is 10.8. The summed E-state index contributed by atoms with van der Waals surface area (Å²) in [6, 6.07) is 9.52. The number of nitrogens with zero attached hydrogens (tertiary/aromatic N) is 1. The van der Waals surface area contributed by atoms with Crippen molar-refractivity contribution in [2.75, 3.05) is 0 Å². The zero-order valence-corrected chi connectivity index (χ0v) is 14.0. The van der Waals surface area contributed by atoms with Gasteiger partial charge < -0.3 is 5.11 Å². The summed E-state index contributed by atoms with van der Waals surface area (Å²) >= 11 is 6.84. The summed E-state index contributed by atoms with van der Waals surface area (Å²) in [6.07, 6.45) is 2.05. The Morgan fingerprint density at radius 1 is 1.35 bits per heavy atom. The van der Waals surface area contributed by atoms with Gasteiger partial charge in [-0.2, -0.15) is 0 Å². The van der Waals surface area contributed by atoms with Gasteiger partial charge in [0.1, 0.15) is 5.92 Å². The third-order valence-electron chi connectivity index (χ3n) is 3.07. The van der Waals surface area contributed by atoms with E-state index in [2.05, 4.69) is 36.8 Å².